The van der Waals surface area contributed by atoms with Crippen LogP contribution in [0.3, 0.4) is 0 Å². The van der Waals surface area contributed by atoms with E-state index >= 15 is 0 Å². The first-order valence-corrected chi connectivity index (χ1v) is 8.95. The van der Waals surface area contributed by atoms with Crippen molar-refractivity contribution in [2.45, 2.75) is 25.0 Å². The summed E-state index contributed by atoms with van der Waals surface area (Å²) in [7, 11) is 3.34. The fraction of sp³-hybridized carbons (Fsp3) is 0.368. The van der Waals surface area contributed by atoms with Gasteiger partial charge < -0.3 is 20.1 Å². The second-order valence-electron chi connectivity index (χ2n) is 5.88. The fourth-order valence-corrected chi connectivity index (χ4v) is 3.75. The van der Waals surface area contributed by atoms with Crippen LogP contribution >= 0.6 is 15.9 Å². The lowest BCUT2D eigenvalue weighted by molar-refractivity contribution is 0.348. The van der Waals surface area contributed by atoms with E-state index < -0.39 is 0 Å². The number of benzene rings is 2. The number of ether oxygens (including phenoxy) is 2. The maximum Gasteiger partial charge on any atom is 0.166 e. The van der Waals surface area contributed by atoms with E-state index in [0.29, 0.717) is 12.1 Å². The van der Waals surface area contributed by atoms with Gasteiger partial charge in [0.05, 0.1) is 14.2 Å². The molecule has 2 aromatic rings. The SMILES string of the molecule is COc1ccc(Br)c(CN[C@@H]2CCN[C@@H]2c2ccccc2)c1OC. The van der Waals surface area contributed by atoms with Crippen LogP contribution in [0, 0.1) is 0 Å². The van der Waals surface area contributed by atoms with Gasteiger partial charge in [-0.05, 0) is 30.7 Å². The summed E-state index contributed by atoms with van der Waals surface area (Å²) in [5.74, 6) is 1.53. The van der Waals surface area contributed by atoms with Crippen LogP contribution in [0.4, 0.5) is 0 Å². The molecule has 1 heterocycles. The minimum absolute atomic E-state index is 0.335. The van der Waals surface area contributed by atoms with Gasteiger partial charge in [-0.15, -0.1) is 0 Å². The average molecular weight is 391 g/mol. The molecule has 1 aliphatic heterocycles. The van der Waals surface area contributed by atoms with Crippen molar-refractivity contribution in [3.63, 3.8) is 0 Å². The minimum atomic E-state index is 0.335. The van der Waals surface area contributed by atoms with E-state index in [4.69, 9.17) is 9.47 Å². The van der Waals surface area contributed by atoms with E-state index in [1.54, 1.807) is 14.2 Å². The molecule has 2 N–H and O–H groups in total. The van der Waals surface area contributed by atoms with Crippen LogP contribution in [0.15, 0.2) is 46.9 Å². The Balaban J connectivity index is 1.76. The van der Waals surface area contributed by atoms with Crippen LogP contribution in [-0.4, -0.2) is 26.8 Å². The van der Waals surface area contributed by atoms with Gasteiger partial charge in [0.25, 0.3) is 0 Å². The molecule has 0 unspecified atom stereocenters. The topological polar surface area (TPSA) is 42.5 Å². The van der Waals surface area contributed by atoms with Crippen molar-refractivity contribution in [2.24, 2.45) is 0 Å². The third-order valence-electron chi connectivity index (χ3n) is 4.51. The molecule has 0 spiro atoms. The summed E-state index contributed by atoms with van der Waals surface area (Å²) in [5.41, 5.74) is 2.40. The number of hydrogen-bond donors (Lipinski definition) is 2. The van der Waals surface area contributed by atoms with E-state index in [-0.39, 0.29) is 0 Å². The van der Waals surface area contributed by atoms with Crippen molar-refractivity contribution >= 4 is 15.9 Å². The summed E-state index contributed by atoms with van der Waals surface area (Å²) >= 11 is 3.63. The van der Waals surface area contributed by atoms with Gasteiger partial charge in [-0.1, -0.05) is 46.3 Å². The van der Waals surface area contributed by atoms with Crippen molar-refractivity contribution in [1.29, 1.82) is 0 Å². The number of rotatable bonds is 6. The summed E-state index contributed by atoms with van der Waals surface area (Å²) in [6.07, 6.45) is 1.10. The predicted molar refractivity (Wildman–Crippen MR) is 99.7 cm³/mol. The van der Waals surface area contributed by atoms with E-state index in [0.717, 1.165) is 41.0 Å². The monoisotopic (exact) mass is 390 g/mol. The summed E-state index contributed by atoms with van der Waals surface area (Å²) in [6, 6.07) is 15.2. The zero-order chi connectivity index (χ0) is 16.9. The second kappa shape index (κ2) is 8.01. The third kappa shape index (κ3) is 3.58. The van der Waals surface area contributed by atoms with Crippen LogP contribution in [-0.2, 0) is 6.54 Å². The second-order valence-corrected chi connectivity index (χ2v) is 6.73. The van der Waals surface area contributed by atoms with Crippen LogP contribution < -0.4 is 20.1 Å². The molecule has 0 amide bonds. The molecule has 0 radical (unpaired) electrons. The highest BCUT2D eigenvalue weighted by atomic mass is 79.9. The maximum absolute atomic E-state index is 5.56. The van der Waals surface area contributed by atoms with Crippen molar-refractivity contribution < 1.29 is 9.47 Å². The average Bonchev–Trinajstić information content (AvgIpc) is 3.09. The summed E-state index contributed by atoms with van der Waals surface area (Å²) in [6.45, 7) is 1.74. The number of methoxy groups -OCH3 is 2. The van der Waals surface area contributed by atoms with Gasteiger partial charge in [-0.25, -0.2) is 0 Å². The van der Waals surface area contributed by atoms with Gasteiger partial charge >= 0.3 is 0 Å². The molecule has 5 heteroatoms. The van der Waals surface area contributed by atoms with Gasteiger partial charge in [0.15, 0.2) is 11.5 Å². The largest absolute Gasteiger partial charge is 0.493 e. The Kier molecular flexibility index (Phi) is 5.76. The molecule has 24 heavy (non-hydrogen) atoms. The molecular formula is C19H23BrN2O2. The van der Waals surface area contributed by atoms with Crippen molar-refractivity contribution in [2.75, 3.05) is 20.8 Å². The third-order valence-corrected chi connectivity index (χ3v) is 5.26. The van der Waals surface area contributed by atoms with Crippen LogP contribution in [0.2, 0.25) is 0 Å². The van der Waals surface area contributed by atoms with E-state index in [1.165, 1.54) is 5.56 Å². The molecule has 1 aliphatic rings. The fourth-order valence-electron chi connectivity index (χ4n) is 3.30. The summed E-state index contributed by atoms with van der Waals surface area (Å²) < 4.78 is 12.0. The Morgan fingerprint density at radius 3 is 2.62 bits per heavy atom. The molecule has 2 atom stereocenters. The highest BCUT2D eigenvalue weighted by Crippen LogP contribution is 2.36. The molecule has 4 nitrogen and oxygen atoms in total. The molecule has 0 saturated carbocycles. The lowest BCUT2D eigenvalue weighted by atomic mass is 10.0. The molecule has 1 fully saturated rings. The smallest absolute Gasteiger partial charge is 0.166 e. The molecule has 0 aliphatic carbocycles. The van der Waals surface area contributed by atoms with Crippen molar-refractivity contribution in [3.8, 4) is 11.5 Å². The molecule has 128 valence electrons. The van der Waals surface area contributed by atoms with Crippen molar-refractivity contribution in [3.05, 3.63) is 58.1 Å². The number of nitrogens with one attached hydrogen (secondary N) is 2. The predicted octanol–water partition coefficient (Wildman–Crippen LogP) is 3.66. The molecule has 3 rings (SSSR count). The maximum atomic E-state index is 5.56. The standard InChI is InChI=1S/C19H23BrN2O2/c1-23-17-9-8-15(20)14(19(17)24-2)12-22-16-10-11-21-18(16)13-6-4-3-5-7-13/h3-9,16,18,21-22H,10-12H2,1-2H3/t16-,18-/m1/s1. The number of hydrogen-bond acceptors (Lipinski definition) is 4. The summed E-state index contributed by atoms with van der Waals surface area (Å²) in [4.78, 5) is 0. The summed E-state index contributed by atoms with van der Waals surface area (Å²) in [5, 5.41) is 7.28. The van der Waals surface area contributed by atoms with Gasteiger partial charge in [0, 0.05) is 28.7 Å². The Morgan fingerprint density at radius 1 is 1.12 bits per heavy atom. The first kappa shape index (κ1) is 17.3. The first-order valence-electron chi connectivity index (χ1n) is 8.15. The lowest BCUT2D eigenvalue weighted by Gasteiger charge is -2.23. The van der Waals surface area contributed by atoms with Gasteiger partial charge in [-0.3, -0.25) is 0 Å². The van der Waals surface area contributed by atoms with E-state index in [9.17, 15) is 0 Å². The molecule has 0 aromatic heterocycles. The normalized spacial score (nSPS) is 20.1. The molecule has 1 saturated heterocycles. The Hall–Kier alpha value is -1.56. The Bertz CT molecular complexity index is 679. The lowest BCUT2D eigenvalue weighted by Crippen LogP contribution is -2.34. The van der Waals surface area contributed by atoms with Crippen molar-refractivity contribution in [1.82, 2.24) is 10.6 Å². The Labute approximate surface area is 151 Å². The minimum Gasteiger partial charge on any atom is -0.493 e. The van der Waals surface area contributed by atoms with Crippen LogP contribution in [0.5, 0.6) is 11.5 Å². The van der Waals surface area contributed by atoms with E-state index in [2.05, 4.69) is 56.9 Å². The van der Waals surface area contributed by atoms with Crippen LogP contribution in [0.25, 0.3) is 0 Å². The molecular weight excluding hydrogens is 368 g/mol. The quantitative estimate of drug-likeness (QED) is 0.789. The zero-order valence-corrected chi connectivity index (χ0v) is 15.6. The Morgan fingerprint density at radius 2 is 1.92 bits per heavy atom. The highest BCUT2D eigenvalue weighted by Gasteiger charge is 2.28. The molecule has 0 bridgehead atoms. The van der Waals surface area contributed by atoms with Gasteiger partial charge in [0.1, 0.15) is 0 Å². The highest BCUT2D eigenvalue weighted by molar-refractivity contribution is 9.10. The van der Waals surface area contributed by atoms with Crippen LogP contribution in [0.1, 0.15) is 23.6 Å². The van der Waals surface area contributed by atoms with Gasteiger partial charge in [0.2, 0.25) is 0 Å². The van der Waals surface area contributed by atoms with E-state index in [1.807, 2.05) is 12.1 Å². The molecule has 2 aromatic carbocycles. The van der Waals surface area contributed by atoms with Gasteiger partial charge in [-0.2, -0.15) is 0 Å². The number of halogens is 1. The zero-order valence-electron chi connectivity index (χ0n) is 14.0. The first-order chi connectivity index (χ1) is 11.7.